The molecule has 0 aromatic heterocycles. The molecule has 1 heterocycles. The van der Waals surface area contributed by atoms with Crippen LogP contribution in [-0.2, 0) is 14.6 Å². The van der Waals surface area contributed by atoms with Crippen LogP contribution in [-0.4, -0.2) is 52.2 Å². The third kappa shape index (κ3) is 5.74. The first-order valence-corrected chi connectivity index (χ1v) is 13.8. The molecule has 0 unspecified atom stereocenters. The number of sulfone groups is 1. The lowest BCUT2D eigenvalue weighted by Gasteiger charge is -2.33. The van der Waals surface area contributed by atoms with Crippen molar-refractivity contribution in [2.24, 2.45) is 0 Å². The Morgan fingerprint density at radius 1 is 0.971 bits per heavy atom. The molecule has 0 bridgehead atoms. The van der Waals surface area contributed by atoms with Crippen molar-refractivity contribution in [2.45, 2.75) is 27.5 Å². The number of fused-ring (bicyclic) bond motifs is 2. The monoisotopic (exact) mass is 496 g/mol. The molecule has 0 N–H and O–H groups in total. The minimum absolute atomic E-state index is 0.0762. The maximum Gasteiger partial charge on any atom is 0.224 e. The van der Waals surface area contributed by atoms with Crippen LogP contribution in [0.3, 0.4) is 0 Å². The number of carbonyl (C=O) groups is 1. The van der Waals surface area contributed by atoms with Gasteiger partial charge in [-0.25, -0.2) is 8.42 Å². The molecule has 0 fully saturated rings. The van der Waals surface area contributed by atoms with Gasteiger partial charge >= 0.3 is 0 Å². The standard InChI is InChI=1S/C26H28N2O4S2/c1-27(16-8-18-32-20-9-7-10-21(19-20)34(2,30)31)26(29)15-17-28-22-11-3-5-13-24(22)33-25-14-6-4-12-23(25)28/h3-7,9-14,19H,8,15-18H2,1-2H3. The number of nitrogens with zero attached hydrogens (tertiary/aromatic N) is 2. The number of rotatable bonds is 9. The van der Waals surface area contributed by atoms with Crippen LogP contribution < -0.4 is 9.64 Å². The lowest BCUT2D eigenvalue weighted by molar-refractivity contribution is -0.129. The molecule has 0 radical (unpaired) electrons. The molecular formula is C26H28N2O4S2. The Morgan fingerprint density at radius 3 is 2.26 bits per heavy atom. The second kappa shape index (κ2) is 10.5. The van der Waals surface area contributed by atoms with Crippen LogP contribution in [0, 0.1) is 0 Å². The van der Waals surface area contributed by atoms with Crippen LogP contribution in [0.5, 0.6) is 5.75 Å². The first-order chi connectivity index (χ1) is 16.3. The fourth-order valence-corrected chi connectivity index (χ4v) is 5.58. The summed E-state index contributed by atoms with van der Waals surface area (Å²) in [6.07, 6.45) is 2.23. The van der Waals surface area contributed by atoms with Crippen LogP contribution in [0.25, 0.3) is 0 Å². The fourth-order valence-electron chi connectivity index (χ4n) is 3.83. The van der Waals surface area contributed by atoms with Gasteiger partial charge in [0.05, 0.1) is 22.9 Å². The van der Waals surface area contributed by atoms with Crippen LogP contribution >= 0.6 is 11.8 Å². The highest BCUT2D eigenvalue weighted by molar-refractivity contribution is 7.99. The summed E-state index contributed by atoms with van der Waals surface area (Å²) < 4.78 is 29.1. The topological polar surface area (TPSA) is 66.9 Å². The summed E-state index contributed by atoms with van der Waals surface area (Å²) in [6, 6.07) is 23.0. The zero-order valence-corrected chi connectivity index (χ0v) is 20.9. The van der Waals surface area contributed by atoms with Crippen LogP contribution in [0.2, 0.25) is 0 Å². The van der Waals surface area contributed by atoms with E-state index < -0.39 is 9.84 Å². The molecule has 3 aromatic rings. The van der Waals surface area contributed by atoms with Gasteiger partial charge in [-0.15, -0.1) is 0 Å². The lowest BCUT2D eigenvalue weighted by atomic mass is 10.2. The van der Waals surface area contributed by atoms with Gasteiger partial charge in [0.15, 0.2) is 9.84 Å². The van der Waals surface area contributed by atoms with Crippen molar-refractivity contribution in [1.29, 1.82) is 0 Å². The van der Waals surface area contributed by atoms with Gasteiger partial charge in [-0.3, -0.25) is 4.79 Å². The van der Waals surface area contributed by atoms with Crippen molar-refractivity contribution < 1.29 is 17.9 Å². The smallest absolute Gasteiger partial charge is 0.224 e. The Kier molecular flexibility index (Phi) is 7.48. The second-order valence-electron chi connectivity index (χ2n) is 8.20. The normalized spacial score (nSPS) is 12.6. The number of carbonyl (C=O) groups excluding carboxylic acids is 1. The van der Waals surface area contributed by atoms with Gasteiger partial charge in [0.2, 0.25) is 5.91 Å². The Labute approximate surface area is 205 Å². The summed E-state index contributed by atoms with van der Waals surface area (Å²) >= 11 is 1.76. The molecule has 4 rings (SSSR count). The van der Waals surface area contributed by atoms with Crippen LogP contribution in [0.4, 0.5) is 11.4 Å². The third-order valence-corrected chi connectivity index (χ3v) is 7.89. The van der Waals surface area contributed by atoms with Crippen LogP contribution in [0.15, 0.2) is 87.5 Å². The zero-order valence-electron chi connectivity index (χ0n) is 19.3. The molecule has 6 nitrogen and oxygen atoms in total. The maximum absolute atomic E-state index is 12.8. The summed E-state index contributed by atoms with van der Waals surface area (Å²) in [4.78, 5) is 19.4. The molecule has 0 saturated carbocycles. The van der Waals surface area contributed by atoms with Crippen LogP contribution in [0.1, 0.15) is 12.8 Å². The average molecular weight is 497 g/mol. The molecule has 1 aliphatic heterocycles. The number of benzene rings is 3. The summed E-state index contributed by atoms with van der Waals surface area (Å²) in [7, 11) is -1.47. The lowest BCUT2D eigenvalue weighted by Crippen LogP contribution is -2.32. The fraction of sp³-hybridized carbons (Fsp3) is 0.269. The van der Waals surface area contributed by atoms with E-state index in [1.807, 2.05) is 24.3 Å². The second-order valence-corrected chi connectivity index (χ2v) is 11.3. The van der Waals surface area contributed by atoms with E-state index >= 15 is 0 Å². The van der Waals surface area contributed by atoms with E-state index in [-0.39, 0.29) is 10.8 Å². The molecule has 178 valence electrons. The predicted octanol–water partition coefficient (Wildman–Crippen LogP) is 5.01. The van der Waals surface area contributed by atoms with E-state index in [9.17, 15) is 13.2 Å². The molecule has 0 atom stereocenters. The molecule has 34 heavy (non-hydrogen) atoms. The van der Waals surface area contributed by atoms with E-state index in [0.29, 0.717) is 38.3 Å². The van der Waals surface area contributed by atoms with E-state index in [2.05, 4.69) is 29.2 Å². The Bertz CT molecular complexity index is 1230. The Morgan fingerprint density at radius 2 is 1.62 bits per heavy atom. The average Bonchev–Trinajstić information content (AvgIpc) is 2.83. The van der Waals surface area contributed by atoms with E-state index in [1.54, 1.807) is 41.9 Å². The Hall–Kier alpha value is -2.97. The van der Waals surface area contributed by atoms with Gasteiger partial charge in [-0.1, -0.05) is 42.1 Å². The number of hydrogen-bond donors (Lipinski definition) is 0. The van der Waals surface area contributed by atoms with Crippen molar-refractivity contribution >= 4 is 38.9 Å². The first-order valence-electron chi connectivity index (χ1n) is 11.1. The van der Waals surface area contributed by atoms with Crippen molar-refractivity contribution in [3.63, 3.8) is 0 Å². The summed E-state index contributed by atoms with van der Waals surface area (Å²) in [5.74, 6) is 0.587. The van der Waals surface area contributed by atoms with Gasteiger partial charge in [-0.05, 0) is 48.9 Å². The third-order valence-electron chi connectivity index (χ3n) is 5.65. The molecule has 1 aliphatic rings. The first kappa shape index (κ1) is 24.2. The van der Waals surface area contributed by atoms with E-state index in [1.165, 1.54) is 22.1 Å². The van der Waals surface area contributed by atoms with Gasteiger partial charge in [0.25, 0.3) is 0 Å². The number of anilines is 2. The van der Waals surface area contributed by atoms with Gasteiger partial charge in [0, 0.05) is 42.6 Å². The molecule has 3 aromatic carbocycles. The van der Waals surface area contributed by atoms with Gasteiger partial charge < -0.3 is 14.5 Å². The minimum atomic E-state index is -3.27. The number of ether oxygens (including phenoxy) is 1. The van der Waals surface area contributed by atoms with E-state index in [0.717, 1.165) is 11.4 Å². The quantitative estimate of drug-likeness (QED) is 0.388. The molecular weight excluding hydrogens is 468 g/mol. The zero-order chi connectivity index (χ0) is 24.1. The number of para-hydroxylation sites is 2. The summed E-state index contributed by atoms with van der Waals surface area (Å²) in [5, 5.41) is 0. The molecule has 8 heteroatoms. The van der Waals surface area contributed by atoms with Crippen molar-refractivity contribution in [3.05, 3.63) is 72.8 Å². The molecule has 0 spiro atoms. The highest BCUT2D eigenvalue weighted by atomic mass is 32.2. The van der Waals surface area contributed by atoms with Crippen molar-refractivity contribution in [2.75, 3.05) is 37.9 Å². The molecule has 0 aliphatic carbocycles. The van der Waals surface area contributed by atoms with Gasteiger partial charge in [0.1, 0.15) is 5.75 Å². The van der Waals surface area contributed by atoms with Gasteiger partial charge in [-0.2, -0.15) is 0 Å². The number of hydrogen-bond acceptors (Lipinski definition) is 6. The highest BCUT2D eigenvalue weighted by Crippen LogP contribution is 2.47. The summed E-state index contributed by atoms with van der Waals surface area (Å²) in [5.41, 5.74) is 2.26. The predicted molar refractivity (Wildman–Crippen MR) is 136 cm³/mol. The SMILES string of the molecule is CN(CCCOc1cccc(S(C)(=O)=O)c1)C(=O)CCN1c2ccccc2Sc2ccccc21. The largest absolute Gasteiger partial charge is 0.493 e. The van der Waals surface area contributed by atoms with Crippen molar-refractivity contribution in [3.8, 4) is 5.75 Å². The molecule has 1 amide bonds. The highest BCUT2D eigenvalue weighted by Gasteiger charge is 2.23. The number of amides is 1. The Balaban J connectivity index is 1.29. The molecule has 0 saturated heterocycles. The minimum Gasteiger partial charge on any atom is -0.493 e. The van der Waals surface area contributed by atoms with E-state index in [4.69, 9.17) is 4.74 Å². The van der Waals surface area contributed by atoms with Crippen molar-refractivity contribution in [1.82, 2.24) is 4.90 Å². The summed E-state index contributed by atoms with van der Waals surface area (Å²) in [6.45, 7) is 1.56. The maximum atomic E-state index is 12.8.